The Hall–Kier alpha value is -1.72. The number of hydrogen-bond donors (Lipinski definition) is 3. The maximum absolute atomic E-state index is 12.1. The van der Waals surface area contributed by atoms with Crippen LogP contribution in [0.3, 0.4) is 0 Å². The molecule has 0 aromatic heterocycles. The lowest BCUT2D eigenvalue weighted by atomic mass is 10.1. The lowest BCUT2D eigenvalue weighted by Crippen LogP contribution is -2.15. The lowest BCUT2D eigenvalue weighted by Gasteiger charge is -2.07. The van der Waals surface area contributed by atoms with Crippen LogP contribution >= 0.6 is 0 Å². The first-order chi connectivity index (χ1) is 10.2. The van der Waals surface area contributed by atoms with Crippen molar-refractivity contribution < 1.29 is 25.6 Å². The van der Waals surface area contributed by atoms with Crippen LogP contribution in [0.15, 0.2) is 41.3 Å². The molecule has 0 saturated heterocycles. The van der Waals surface area contributed by atoms with E-state index in [2.05, 4.69) is 9.61 Å². The van der Waals surface area contributed by atoms with Gasteiger partial charge in [0.05, 0.1) is 17.3 Å². The quantitative estimate of drug-likeness (QED) is 0.395. The second-order valence-electron chi connectivity index (χ2n) is 4.44. The first-order valence-electron chi connectivity index (χ1n) is 6.06. The summed E-state index contributed by atoms with van der Waals surface area (Å²) in [7, 11) is -8.39. The molecule has 0 aliphatic carbocycles. The zero-order chi connectivity index (χ0) is 16.4. The highest BCUT2D eigenvalue weighted by molar-refractivity contribution is 7.91. The van der Waals surface area contributed by atoms with E-state index < -0.39 is 32.6 Å². The highest BCUT2D eigenvalue weighted by Gasteiger charge is 2.16. The summed E-state index contributed by atoms with van der Waals surface area (Å²) in [5.41, 5.74) is 3.18. The standard InChI is InChI=1S/C12H14N2O6S2/c13-14-11-3-1-10-8-12(4-2-9(10)7-11)21(15,16)6-5-20-22(17,18)19/h1-4,7-8,14H,5-6,13H2,(H,17,18,19). The molecule has 0 atom stereocenters. The van der Waals surface area contributed by atoms with Crippen LogP contribution in [0.4, 0.5) is 5.69 Å². The minimum Gasteiger partial charge on any atom is -0.324 e. The maximum atomic E-state index is 12.1. The number of nitrogen functional groups attached to an aromatic ring is 1. The predicted octanol–water partition coefficient (Wildman–Crippen LogP) is 0.719. The summed E-state index contributed by atoms with van der Waals surface area (Å²) >= 11 is 0. The van der Waals surface area contributed by atoms with Crippen LogP contribution in [-0.4, -0.2) is 33.7 Å². The summed E-state index contributed by atoms with van der Waals surface area (Å²) < 4.78 is 57.5. The van der Waals surface area contributed by atoms with E-state index in [1.54, 1.807) is 24.3 Å². The number of rotatable bonds is 6. The first-order valence-corrected chi connectivity index (χ1v) is 9.08. The average molecular weight is 346 g/mol. The van der Waals surface area contributed by atoms with Gasteiger partial charge in [0.2, 0.25) is 0 Å². The number of anilines is 1. The Kier molecular flexibility index (Phi) is 4.68. The molecule has 0 aliphatic rings. The van der Waals surface area contributed by atoms with Crippen molar-refractivity contribution in [1.29, 1.82) is 0 Å². The van der Waals surface area contributed by atoms with Crippen LogP contribution in [0.1, 0.15) is 0 Å². The van der Waals surface area contributed by atoms with Crippen LogP contribution in [-0.2, 0) is 24.4 Å². The number of sulfone groups is 1. The number of hydrogen-bond acceptors (Lipinski definition) is 7. The van der Waals surface area contributed by atoms with Crippen LogP contribution < -0.4 is 11.3 Å². The molecule has 4 N–H and O–H groups in total. The summed E-state index contributed by atoms with van der Waals surface area (Å²) in [5, 5.41) is 1.49. The van der Waals surface area contributed by atoms with E-state index in [1.807, 2.05) is 0 Å². The van der Waals surface area contributed by atoms with Crippen LogP contribution in [0.2, 0.25) is 0 Å². The number of nitrogens with two attached hydrogens (primary N) is 1. The van der Waals surface area contributed by atoms with Gasteiger partial charge in [0.15, 0.2) is 9.84 Å². The van der Waals surface area contributed by atoms with Gasteiger partial charge in [0, 0.05) is 5.69 Å². The Labute approximate surface area is 127 Å². The molecule has 0 spiro atoms. The molecule has 0 heterocycles. The van der Waals surface area contributed by atoms with E-state index in [9.17, 15) is 16.8 Å². The van der Waals surface area contributed by atoms with Gasteiger partial charge in [-0.2, -0.15) is 8.42 Å². The first kappa shape index (κ1) is 16.6. The molecule has 0 bridgehead atoms. The number of hydrazine groups is 1. The molecular weight excluding hydrogens is 332 g/mol. The summed E-state index contributed by atoms with van der Waals surface area (Å²) in [6, 6.07) is 9.65. The van der Waals surface area contributed by atoms with Crippen molar-refractivity contribution >= 4 is 36.7 Å². The Balaban J connectivity index is 2.26. The third-order valence-corrected chi connectivity index (χ3v) is 5.06. The second-order valence-corrected chi connectivity index (χ2v) is 7.64. The fraction of sp³-hybridized carbons (Fsp3) is 0.167. The zero-order valence-corrected chi connectivity index (χ0v) is 12.9. The molecular formula is C12H14N2O6S2. The molecule has 0 unspecified atom stereocenters. The monoisotopic (exact) mass is 346 g/mol. The van der Waals surface area contributed by atoms with Gasteiger partial charge in [-0.05, 0) is 35.0 Å². The molecule has 120 valence electrons. The number of nitrogens with one attached hydrogen (secondary N) is 1. The van der Waals surface area contributed by atoms with E-state index in [0.29, 0.717) is 11.1 Å². The minimum absolute atomic E-state index is 0.0346. The van der Waals surface area contributed by atoms with Crippen molar-refractivity contribution in [3.05, 3.63) is 36.4 Å². The summed E-state index contributed by atoms with van der Waals surface area (Å²) in [4.78, 5) is 0.0346. The molecule has 8 nitrogen and oxygen atoms in total. The lowest BCUT2D eigenvalue weighted by molar-refractivity contribution is 0.284. The van der Waals surface area contributed by atoms with Gasteiger partial charge < -0.3 is 5.43 Å². The topological polar surface area (TPSA) is 136 Å². The van der Waals surface area contributed by atoms with Gasteiger partial charge in [-0.15, -0.1) is 0 Å². The van der Waals surface area contributed by atoms with E-state index in [-0.39, 0.29) is 4.90 Å². The SMILES string of the molecule is NNc1ccc2cc(S(=O)(=O)CCOS(=O)(=O)O)ccc2c1. The van der Waals surface area contributed by atoms with Crippen LogP contribution in [0.25, 0.3) is 10.8 Å². The summed E-state index contributed by atoms with van der Waals surface area (Å²) in [6.07, 6.45) is 0. The minimum atomic E-state index is -4.65. The molecule has 2 aromatic carbocycles. The molecule has 0 saturated carbocycles. The third kappa shape index (κ3) is 4.15. The summed E-state index contributed by atoms with van der Waals surface area (Å²) in [5.74, 6) is 4.73. The van der Waals surface area contributed by atoms with Crippen LogP contribution in [0.5, 0.6) is 0 Å². The van der Waals surface area contributed by atoms with Crippen molar-refractivity contribution in [2.24, 2.45) is 5.84 Å². The van der Waals surface area contributed by atoms with E-state index in [0.717, 1.165) is 5.39 Å². The fourth-order valence-corrected chi connectivity index (χ4v) is 3.39. The molecule has 10 heteroatoms. The molecule has 0 amide bonds. The normalized spacial score (nSPS) is 12.5. The molecule has 0 fully saturated rings. The predicted molar refractivity (Wildman–Crippen MR) is 81.3 cm³/mol. The molecule has 2 rings (SSSR count). The highest BCUT2D eigenvalue weighted by Crippen LogP contribution is 2.23. The van der Waals surface area contributed by atoms with Gasteiger partial charge in [-0.1, -0.05) is 12.1 Å². The van der Waals surface area contributed by atoms with Crippen LogP contribution in [0, 0.1) is 0 Å². The second kappa shape index (κ2) is 6.18. The van der Waals surface area contributed by atoms with E-state index >= 15 is 0 Å². The highest BCUT2D eigenvalue weighted by atomic mass is 32.3. The van der Waals surface area contributed by atoms with Gasteiger partial charge in [-0.25, -0.2) is 12.6 Å². The molecule has 2 aromatic rings. The Morgan fingerprint density at radius 3 is 2.32 bits per heavy atom. The van der Waals surface area contributed by atoms with Crippen molar-refractivity contribution in [3.8, 4) is 0 Å². The van der Waals surface area contributed by atoms with Gasteiger partial charge in [0.25, 0.3) is 0 Å². The Morgan fingerprint density at radius 2 is 1.68 bits per heavy atom. The van der Waals surface area contributed by atoms with Crippen molar-refractivity contribution in [3.63, 3.8) is 0 Å². The number of fused-ring (bicyclic) bond motifs is 1. The Morgan fingerprint density at radius 1 is 1.05 bits per heavy atom. The van der Waals surface area contributed by atoms with Gasteiger partial charge in [-0.3, -0.25) is 10.4 Å². The van der Waals surface area contributed by atoms with Crippen molar-refractivity contribution in [2.45, 2.75) is 4.90 Å². The van der Waals surface area contributed by atoms with Gasteiger partial charge >= 0.3 is 10.4 Å². The maximum Gasteiger partial charge on any atom is 0.397 e. The molecule has 0 aliphatic heterocycles. The third-order valence-electron chi connectivity index (χ3n) is 2.92. The van der Waals surface area contributed by atoms with Gasteiger partial charge in [0.1, 0.15) is 0 Å². The summed E-state index contributed by atoms with van der Waals surface area (Å²) in [6.45, 7) is -0.658. The van der Waals surface area contributed by atoms with Crippen molar-refractivity contribution in [2.75, 3.05) is 17.8 Å². The van der Waals surface area contributed by atoms with E-state index in [1.165, 1.54) is 12.1 Å². The largest absolute Gasteiger partial charge is 0.397 e. The smallest absolute Gasteiger partial charge is 0.324 e. The fourth-order valence-electron chi connectivity index (χ4n) is 1.87. The van der Waals surface area contributed by atoms with E-state index in [4.69, 9.17) is 10.4 Å². The average Bonchev–Trinajstić information content (AvgIpc) is 2.44. The number of benzene rings is 2. The molecule has 22 heavy (non-hydrogen) atoms. The Bertz CT molecular complexity index is 893. The molecule has 0 radical (unpaired) electrons. The zero-order valence-electron chi connectivity index (χ0n) is 11.3. The van der Waals surface area contributed by atoms with Crippen molar-refractivity contribution in [1.82, 2.24) is 0 Å².